The Balaban J connectivity index is -0.000000200. The van der Waals surface area contributed by atoms with E-state index in [0.717, 1.165) is 12.3 Å². The lowest BCUT2D eigenvalue weighted by molar-refractivity contribution is 0.784. The highest BCUT2D eigenvalue weighted by molar-refractivity contribution is 5.26. The zero-order chi connectivity index (χ0) is 31.8. The molecule has 0 aliphatic heterocycles. The Morgan fingerprint density at radius 1 is 0.700 bits per heavy atom. The molecule has 0 nitrogen and oxygen atoms in total. The Labute approximate surface area is 252 Å². The molecule has 0 heterocycles. The van der Waals surface area contributed by atoms with Crippen LogP contribution in [-0.4, -0.2) is 0 Å². The third kappa shape index (κ3) is 26.5. The van der Waals surface area contributed by atoms with E-state index in [1.165, 1.54) is 34.2 Å². The van der Waals surface area contributed by atoms with Crippen molar-refractivity contribution in [2.75, 3.05) is 0 Å². The molecule has 0 aromatic heterocycles. The molecule has 0 unspecified atom stereocenters. The summed E-state index contributed by atoms with van der Waals surface area (Å²) in [6.45, 7) is 34.8. The highest BCUT2D eigenvalue weighted by Crippen LogP contribution is 2.14. The van der Waals surface area contributed by atoms with Gasteiger partial charge in [-0.1, -0.05) is 177 Å². The molecule has 224 valence electrons. The molecule has 0 atom stereocenters. The summed E-state index contributed by atoms with van der Waals surface area (Å²) in [5.41, 5.74) is 6.69. The first-order valence-corrected chi connectivity index (χ1v) is 15.3. The van der Waals surface area contributed by atoms with E-state index >= 15 is 0 Å². The van der Waals surface area contributed by atoms with Crippen LogP contribution in [0.3, 0.4) is 0 Å². The predicted octanol–water partition coefficient (Wildman–Crippen LogP) is 13.5. The van der Waals surface area contributed by atoms with Gasteiger partial charge in [-0.2, -0.15) is 0 Å². The molecule has 0 spiro atoms. The summed E-state index contributed by atoms with van der Waals surface area (Å²) in [5, 5.41) is 0. The van der Waals surface area contributed by atoms with Crippen LogP contribution >= 0.6 is 0 Å². The SMILES string of the molecule is C=C.C=C1C=CC=CC1.CC.CC.CC.CCC1C=CC=C1.Cc1ccc(C(C)C)cc1.Cc1ccccc1C. The lowest BCUT2D eigenvalue weighted by atomic mass is 10.0. The average Bonchev–Trinajstić information content (AvgIpc) is 3.55. The van der Waals surface area contributed by atoms with Gasteiger partial charge >= 0.3 is 0 Å². The number of allylic oxidation sites excluding steroid dienone is 9. The van der Waals surface area contributed by atoms with Gasteiger partial charge in [-0.05, 0) is 62.1 Å². The van der Waals surface area contributed by atoms with Crippen molar-refractivity contribution in [1.29, 1.82) is 0 Å². The second kappa shape index (κ2) is 33.9. The molecule has 4 rings (SSSR count). The predicted molar refractivity (Wildman–Crippen MR) is 191 cm³/mol. The summed E-state index contributed by atoms with van der Waals surface area (Å²) in [5.74, 6) is 1.39. The third-order valence-corrected chi connectivity index (χ3v) is 5.43. The smallest absolute Gasteiger partial charge is 0.00499 e. The second-order valence-corrected chi connectivity index (χ2v) is 8.64. The van der Waals surface area contributed by atoms with Gasteiger partial charge in [0.15, 0.2) is 0 Å². The van der Waals surface area contributed by atoms with Crippen LogP contribution in [0.2, 0.25) is 0 Å². The van der Waals surface area contributed by atoms with Gasteiger partial charge in [0, 0.05) is 0 Å². The summed E-state index contributed by atoms with van der Waals surface area (Å²) in [4.78, 5) is 0. The standard InChI is InChI=1S/C10H14.C8H10.C7H8.C7H10.3C2H6.C2H4/c1-8(2)10-6-4-9(3)5-7-10;1-7-5-3-4-6-8(7)2;1-7-5-3-2-4-6-7;1-2-7-5-3-4-6-7;4*1-2/h4-8H,1-3H3;3-6H,1-2H3;2-5H,1,6H2;3-7H,2H2,1H3;3*1-2H3;1-2H2. The molecule has 2 aliphatic rings. The molecule has 0 heteroatoms. The van der Waals surface area contributed by atoms with Crippen molar-refractivity contribution in [2.24, 2.45) is 5.92 Å². The molecule has 0 saturated carbocycles. The Kier molecular flexibility index (Phi) is 37.2. The second-order valence-electron chi connectivity index (χ2n) is 8.64. The molecule has 40 heavy (non-hydrogen) atoms. The molecule has 0 amide bonds. The van der Waals surface area contributed by atoms with Crippen LogP contribution in [-0.2, 0) is 0 Å². The topological polar surface area (TPSA) is 0 Å². The van der Waals surface area contributed by atoms with Gasteiger partial charge in [0.1, 0.15) is 0 Å². The normalized spacial score (nSPS) is 11.5. The van der Waals surface area contributed by atoms with Gasteiger partial charge in [0.05, 0.1) is 0 Å². The fourth-order valence-electron chi connectivity index (χ4n) is 2.92. The lowest BCUT2D eigenvalue weighted by Crippen LogP contribution is -1.85. The number of aryl methyl sites for hydroxylation is 3. The summed E-state index contributed by atoms with van der Waals surface area (Å²) in [6.07, 6.45) is 19.1. The van der Waals surface area contributed by atoms with Crippen LogP contribution in [0, 0.1) is 26.7 Å². The zero-order valence-corrected chi connectivity index (χ0v) is 28.4. The van der Waals surface area contributed by atoms with Crippen molar-refractivity contribution in [1.82, 2.24) is 0 Å². The maximum Gasteiger partial charge on any atom is -0.00499 e. The minimum absolute atomic E-state index is 0.653. The van der Waals surface area contributed by atoms with E-state index in [2.05, 4.69) is 140 Å². The Morgan fingerprint density at radius 2 is 1.15 bits per heavy atom. The Hall–Kier alpha value is -3.12. The van der Waals surface area contributed by atoms with E-state index in [1.54, 1.807) is 0 Å². The molecular formula is C40H64. The zero-order valence-electron chi connectivity index (χ0n) is 28.4. The van der Waals surface area contributed by atoms with Crippen molar-refractivity contribution in [3.8, 4) is 0 Å². The number of benzene rings is 2. The molecule has 2 aromatic carbocycles. The average molecular weight is 545 g/mol. The molecule has 2 aliphatic carbocycles. The van der Waals surface area contributed by atoms with Gasteiger partial charge in [-0.25, -0.2) is 0 Å². The maximum atomic E-state index is 3.78. The summed E-state index contributed by atoms with van der Waals surface area (Å²) in [6, 6.07) is 17.1. The highest BCUT2D eigenvalue weighted by atomic mass is 14.0. The first-order chi connectivity index (χ1) is 19.3. The van der Waals surface area contributed by atoms with E-state index in [0.29, 0.717) is 5.92 Å². The molecular weight excluding hydrogens is 480 g/mol. The van der Waals surface area contributed by atoms with E-state index in [1.807, 2.05) is 59.8 Å². The summed E-state index contributed by atoms with van der Waals surface area (Å²) in [7, 11) is 0. The van der Waals surface area contributed by atoms with Gasteiger partial charge in [-0.15, -0.1) is 13.2 Å². The Morgan fingerprint density at radius 3 is 1.40 bits per heavy atom. The lowest BCUT2D eigenvalue weighted by Gasteiger charge is -2.03. The maximum absolute atomic E-state index is 3.78. The van der Waals surface area contributed by atoms with Gasteiger partial charge < -0.3 is 0 Å². The molecule has 0 bridgehead atoms. The van der Waals surface area contributed by atoms with Crippen LogP contribution in [0.25, 0.3) is 0 Å². The van der Waals surface area contributed by atoms with Crippen molar-refractivity contribution < 1.29 is 0 Å². The molecule has 0 radical (unpaired) electrons. The van der Waals surface area contributed by atoms with Gasteiger partial charge in [0.25, 0.3) is 0 Å². The first-order valence-electron chi connectivity index (χ1n) is 15.3. The van der Waals surface area contributed by atoms with Crippen LogP contribution in [0.5, 0.6) is 0 Å². The number of rotatable bonds is 2. The minimum atomic E-state index is 0.653. The van der Waals surface area contributed by atoms with Crippen molar-refractivity contribution in [3.63, 3.8) is 0 Å². The van der Waals surface area contributed by atoms with Gasteiger partial charge in [0.2, 0.25) is 0 Å². The number of hydrogen-bond donors (Lipinski definition) is 0. The van der Waals surface area contributed by atoms with Crippen molar-refractivity contribution in [2.45, 2.75) is 102 Å². The Bertz CT molecular complexity index is 884. The molecule has 0 saturated heterocycles. The van der Waals surface area contributed by atoms with Crippen LogP contribution in [0.4, 0.5) is 0 Å². The van der Waals surface area contributed by atoms with Crippen molar-refractivity contribution in [3.05, 3.63) is 145 Å². The fraction of sp³-hybridized carbons (Fsp3) is 0.400. The van der Waals surface area contributed by atoms with Crippen molar-refractivity contribution >= 4 is 0 Å². The fourth-order valence-corrected chi connectivity index (χ4v) is 2.92. The van der Waals surface area contributed by atoms with Crippen LogP contribution in [0.1, 0.15) is 103 Å². The van der Waals surface area contributed by atoms with E-state index in [-0.39, 0.29) is 0 Å². The summed E-state index contributed by atoms with van der Waals surface area (Å²) >= 11 is 0. The third-order valence-electron chi connectivity index (χ3n) is 5.43. The minimum Gasteiger partial charge on any atom is -0.106 e. The van der Waals surface area contributed by atoms with Crippen LogP contribution < -0.4 is 0 Å². The van der Waals surface area contributed by atoms with E-state index in [4.69, 9.17) is 0 Å². The monoisotopic (exact) mass is 545 g/mol. The largest absolute Gasteiger partial charge is 0.106 e. The van der Waals surface area contributed by atoms with Crippen LogP contribution in [0.15, 0.2) is 122 Å². The molecule has 0 N–H and O–H groups in total. The summed E-state index contributed by atoms with van der Waals surface area (Å²) < 4.78 is 0. The molecule has 2 aromatic rings. The van der Waals surface area contributed by atoms with E-state index in [9.17, 15) is 0 Å². The first kappa shape index (κ1) is 43.9. The molecule has 0 fully saturated rings. The van der Waals surface area contributed by atoms with E-state index < -0.39 is 0 Å². The van der Waals surface area contributed by atoms with Gasteiger partial charge in [-0.3, -0.25) is 0 Å². The number of hydrogen-bond acceptors (Lipinski definition) is 0. The quantitative estimate of drug-likeness (QED) is 0.330. The highest BCUT2D eigenvalue weighted by Gasteiger charge is 1.96.